The molecule has 0 bridgehead atoms. The Kier molecular flexibility index (Phi) is 5.41. The van der Waals surface area contributed by atoms with Gasteiger partial charge in [0.2, 0.25) is 0 Å². The lowest BCUT2D eigenvalue weighted by molar-refractivity contribution is 0.0990. The molecule has 0 atom stereocenters. The molecule has 1 amide bonds. The van der Waals surface area contributed by atoms with E-state index in [9.17, 15) is 9.59 Å². The number of aryl methyl sites for hydroxylation is 1. The van der Waals surface area contributed by atoms with E-state index in [1.165, 1.54) is 6.92 Å². The molecule has 0 saturated heterocycles. The summed E-state index contributed by atoms with van der Waals surface area (Å²) in [4.78, 5) is 23.7. The summed E-state index contributed by atoms with van der Waals surface area (Å²) < 4.78 is 11.2. The fourth-order valence-corrected chi connectivity index (χ4v) is 2.59. The number of amides is 1. The minimum absolute atomic E-state index is 0.00656. The smallest absolute Gasteiger partial charge is 0.291 e. The minimum atomic E-state index is -0.305. The molecule has 0 radical (unpaired) electrons. The number of rotatable bonds is 6. The van der Waals surface area contributed by atoms with E-state index in [1.54, 1.807) is 36.4 Å². The zero-order valence-electron chi connectivity index (χ0n) is 15.5. The third-order valence-electron chi connectivity index (χ3n) is 4.38. The fourth-order valence-electron chi connectivity index (χ4n) is 2.59. The van der Waals surface area contributed by atoms with Crippen LogP contribution in [0, 0.1) is 13.8 Å². The molecular weight excluding hydrogens is 342 g/mol. The molecular formula is C22H21NO4. The first-order valence-corrected chi connectivity index (χ1v) is 8.64. The maximum Gasteiger partial charge on any atom is 0.291 e. The van der Waals surface area contributed by atoms with Crippen molar-refractivity contribution in [2.45, 2.75) is 27.4 Å². The molecule has 0 aliphatic heterocycles. The number of nitrogens with one attached hydrogen (secondary N) is 1. The Morgan fingerprint density at radius 1 is 1.00 bits per heavy atom. The lowest BCUT2D eigenvalue weighted by Crippen LogP contribution is -2.12. The number of anilines is 1. The van der Waals surface area contributed by atoms with Gasteiger partial charge in [0.25, 0.3) is 5.91 Å². The Hall–Kier alpha value is -3.34. The lowest BCUT2D eigenvalue weighted by Gasteiger charge is -2.09. The van der Waals surface area contributed by atoms with Crippen molar-refractivity contribution in [3.8, 4) is 5.75 Å². The highest BCUT2D eigenvalue weighted by atomic mass is 16.5. The first-order valence-electron chi connectivity index (χ1n) is 8.64. The van der Waals surface area contributed by atoms with Crippen molar-refractivity contribution in [1.82, 2.24) is 0 Å². The predicted molar refractivity (Wildman–Crippen MR) is 103 cm³/mol. The normalized spacial score (nSPS) is 10.5. The predicted octanol–water partition coefficient (Wildman–Crippen LogP) is 4.93. The van der Waals surface area contributed by atoms with Crippen molar-refractivity contribution >= 4 is 17.4 Å². The lowest BCUT2D eigenvalue weighted by atomic mass is 10.1. The van der Waals surface area contributed by atoms with Crippen LogP contribution in [0.2, 0.25) is 0 Å². The molecule has 0 fully saturated rings. The molecule has 0 aliphatic rings. The van der Waals surface area contributed by atoms with Gasteiger partial charge in [-0.15, -0.1) is 0 Å². The van der Waals surface area contributed by atoms with E-state index >= 15 is 0 Å². The Balaban J connectivity index is 1.61. The first-order chi connectivity index (χ1) is 12.9. The summed E-state index contributed by atoms with van der Waals surface area (Å²) in [7, 11) is 0. The fraction of sp³-hybridized carbons (Fsp3) is 0.182. The van der Waals surface area contributed by atoms with Gasteiger partial charge in [-0.25, -0.2) is 0 Å². The van der Waals surface area contributed by atoms with Crippen LogP contribution in [0.5, 0.6) is 5.75 Å². The van der Waals surface area contributed by atoms with Gasteiger partial charge in [0.15, 0.2) is 11.5 Å². The average Bonchev–Trinajstić information content (AvgIpc) is 3.13. The molecule has 3 rings (SSSR count). The number of ketones is 1. The summed E-state index contributed by atoms with van der Waals surface area (Å²) in [5.74, 6) is 1.09. The van der Waals surface area contributed by atoms with Crippen molar-refractivity contribution in [3.63, 3.8) is 0 Å². The molecule has 138 valence electrons. The zero-order valence-corrected chi connectivity index (χ0v) is 15.5. The van der Waals surface area contributed by atoms with Gasteiger partial charge < -0.3 is 14.5 Å². The summed E-state index contributed by atoms with van der Waals surface area (Å²) in [5.41, 5.74) is 3.53. The van der Waals surface area contributed by atoms with Crippen LogP contribution in [0.3, 0.4) is 0 Å². The highest BCUT2D eigenvalue weighted by Crippen LogP contribution is 2.20. The van der Waals surface area contributed by atoms with Crippen molar-refractivity contribution in [3.05, 3.63) is 82.8 Å². The second kappa shape index (κ2) is 7.91. The van der Waals surface area contributed by atoms with Gasteiger partial charge in [-0.1, -0.05) is 12.1 Å². The van der Waals surface area contributed by atoms with E-state index in [4.69, 9.17) is 9.15 Å². The van der Waals surface area contributed by atoms with E-state index in [0.29, 0.717) is 17.1 Å². The molecule has 5 nitrogen and oxygen atoms in total. The van der Waals surface area contributed by atoms with Crippen LogP contribution in [-0.4, -0.2) is 11.7 Å². The molecule has 1 aromatic heterocycles. The van der Waals surface area contributed by atoms with E-state index in [0.717, 1.165) is 16.8 Å². The number of furan rings is 1. The van der Waals surface area contributed by atoms with Crippen molar-refractivity contribution < 1.29 is 18.7 Å². The van der Waals surface area contributed by atoms with Crippen molar-refractivity contribution in [2.24, 2.45) is 0 Å². The zero-order chi connectivity index (χ0) is 19.4. The molecule has 2 aromatic carbocycles. The monoisotopic (exact) mass is 363 g/mol. The van der Waals surface area contributed by atoms with Crippen LogP contribution in [0.15, 0.2) is 59.0 Å². The maximum absolute atomic E-state index is 12.4. The van der Waals surface area contributed by atoms with Crippen LogP contribution in [0.25, 0.3) is 0 Å². The summed E-state index contributed by atoms with van der Waals surface area (Å²) in [6.45, 7) is 5.67. The van der Waals surface area contributed by atoms with E-state index in [2.05, 4.69) is 5.32 Å². The van der Waals surface area contributed by atoms with E-state index in [1.807, 2.05) is 32.0 Å². The highest BCUT2D eigenvalue weighted by Gasteiger charge is 2.13. The van der Waals surface area contributed by atoms with Crippen LogP contribution in [0.1, 0.15) is 44.7 Å². The molecule has 3 aromatic rings. The second-order valence-electron chi connectivity index (χ2n) is 6.34. The van der Waals surface area contributed by atoms with Crippen LogP contribution < -0.4 is 10.1 Å². The first kappa shape index (κ1) is 18.5. The molecule has 0 spiro atoms. The molecule has 0 unspecified atom stereocenters. The summed E-state index contributed by atoms with van der Waals surface area (Å²) in [6.07, 6.45) is 0. The molecule has 1 N–H and O–H groups in total. The molecule has 1 heterocycles. The van der Waals surface area contributed by atoms with Gasteiger partial charge in [0, 0.05) is 11.3 Å². The van der Waals surface area contributed by atoms with Crippen molar-refractivity contribution in [2.75, 3.05) is 5.32 Å². The van der Waals surface area contributed by atoms with Gasteiger partial charge in [0.05, 0.1) is 0 Å². The molecule has 0 aliphatic carbocycles. The Labute approximate surface area is 158 Å². The number of ether oxygens (including phenoxy) is 1. The van der Waals surface area contributed by atoms with Gasteiger partial charge in [-0.2, -0.15) is 0 Å². The molecule has 27 heavy (non-hydrogen) atoms. The highest BCUT2D eigenvalue weighted by molar-refractivity contribution is 6.02. The van der Waals surface area contributed by atoms with Crippen LogP contribution >= 0.6 is 0 Å². The SMILES string of the molecule is CC(=O)c1ccc(OCc2ccc(C(=O)Nc3cccc(C)c3C)o2)cc1. The van der Waals surface area contributed by atoms with Gasteiger partial charge in [-0.05, 0) is 74.4 Å². The van der Waals surface area contributed by atoms with Gasteiger partial charge >= 0.3 is 0 Å². The Bertz CT molecular complexity index is 970. The summed E-state index contributed by atoms with van der Waals surface area (Å²) in [5, 5.41) is 2.87. The second-order valence-corrected chi connectivity index (χ2v) is 6.34. The van der Waals surface area contributed by atoms with Crippen LogP contribution in [-0.2, 0) is 6.61 Å². The third-order valence-corrected chi connectivity index (χ3v) is 4.38. The number of carbonyl (C=O) groups is 2. The van der Waals surface area contributed by atoms with Gasteiger partial charge in [0.1, 0.15) is 18.1 Å². The Morgan fingerprint density at radius 3 is 2.44 bits per heavy atom. The number of hydrogen-bond acceptors (Lipinski definition) is 4. The summed E-state index contributed by atoms with van der Waals surface area (Å²) in [6, 6.07) is 16.0. The number of benzene rings is 2. The molecule has 0 saturated carbocycles. The van der Waals surface area contributed by atoms with E-state index < -0.39 is 0 Å². The quantitative estimate of drug-likeness (QED) is 0.631. The van der Waals surface area contributed by atoms with Crippen molar-refractivity contribution in [1.29, 1.82) is 0 Å². The number of hydrogen-bond donors (Lipinski definition) is 1. The average molecular weight is 363 g/mol. The third kappa shape index (κ3) is 4.44. The minimum Gasteiger partial charge on any atom is -0.486 e. The molecule has 5 heteroatoms. The number of carbonyl (C=O) groups excluding carboxylic acids is 2. The number of Topliss-reactive ketones (excluding diaryl/α,β-unsaturated/α-hetero) is 1. The van der Waals surface area contributed by atoms with Gasteiger partial charge in [-0.3, -0.25) is 9.59 Å². The standard InChI is InChI=1S/C22H21NO4/c1-14-5-4-6-20(15(14)2)23-22(25)21-12-11-19(27-21)13-26-18-9-7-17(8-10-18)16(3)24/h4-12H,13H2,1-3H3,(H,23,25). The maximum atomic E-state index is 12.4. The Morgan fingerprint density at radius 2 is 1.74 bits per heavy atom. The van der Waals surface area contributed by atoms with E-state index in [-0.39, 0.29) is 24.1 Å². The topological polar surface area (TPSA) is 68.5 Å². The summed E-state index contributed by atoms with van der Waals surface area (Å²) >= 11 is 0. The van der Waals surface area contributed by atoms with Crippen LogP contribution in [0.4, 0.5) is 5.69 Å². The largest absolute Gasteiger partial charge is 0.486 e.